The minimum atomic E-state index is -0.541. The highest BCUT2D eigenvalue weighted by atomic mass is 32.2. The van der Waals surface area contributed by atoms with Crippen LogP contribution in [0.15, 0.2) is 23.4 Å². The quantitative estimate of drug-likeness (QED) is 0.716. The minimum Gasteiger partial charge on any atom is -0.309 e. The number of carbonyl (C=O) groups excluding carboxylic acids is 2. The normalized spacial score (nSPS) is 15.1. The zero-order valence-electron chi connectivity index (χ0n) is 15.5. The number of nitrogens with one attached hydrogen (secondary N) is 3. The molecule has 0 aromatic carbocycles. The average Bonchev–Trinajstić information content (AvgIpc) is 2.55. The van der Waals surface area contributed by atoms with Crippen molar-refractivity contribution in [3.8, 4) is 0 Å². The molecule has 1 aliphatic rings. The first-order chi connectivity index (χ1) is 12.7. The molecule has 0 spiro atoms. The van der Waals surface area contributed by atoms with E-state index in [4.69, 9.17) is 0 Å². The number of fused-ring (bicyclic) bond motifs is 1. The molecule has 3 N–H and O–H groups in total. The molecule has 27 heavy (non-hydrogen) atoms. The Morgan fingerprint density at radius 3 is 2.70 bits per heavy atom. The standard InChI is InChI=1S/C17H21N7O2S/c1-9(2)7-12(25)22-16-19-8-18-15(24-16)21-11-6-5-10-13(20-11)23-14(26)17(3,4)27-10/h5-6,8-9H,7H2,1-4H3,(H3,18,19,20,21,22,23,24,25,26). The van der Waals surface area contributed by atoms with Gasteiger partial charge < -0.3 is 10.6 Å². The fraction of sp³-hybridized carbons (Fsp3) is 0.412. The van der Waals surface area contributed by atoms with Crippen LogP contribution in [0.1, 0.15) is 34.1 Å². The maximum Gasteiger partial charge on any atom is 0.241 e. The molecule has 2 aromatic rings. The highest BCUT2D eigenvalue weighted by Crippen LogP contribution is 2.41. The van der Waals surface area contributed by atoms with Gasteiger partial charge in [-0.15, -0.1) is 11.8 Å². The van der Waals surface area contributed by atoms with Crippen LogP contribution in [0.5, 0.6) is 0 Å². The van der Waals surface area contributed by atoms with Gasteiger partial charge in [0.15, 0.2) is 0 Å². The second kappa shape index (κ2) is 7.47. The maximum atomic E-state index is 12.1. The van der Waals surface area contributed by atoms with Gasteiger partial charge in [0.05, 0.1) is 9.64 Å². The third kappa shape index (κ3) is 4.70. The molecule has 0 fully saturated rings. The van der Waals surface area contributed by atoms with Crippen molar-refractivity contribution in [3.63, 3.8) is 0 Å². The lowest BCUT2D eigenvalue weighted by Gasteiger charge is -2.29. The fourth-order valence-electron chi connectivity index (χ4n) is 2.35. The Labute approximate surface area is 161 Å². The summed E-state index contributed by atoms with van der Waals surface area (Å²) < 4.78 is -0.541. The van der Waals surface area contributed by atoms with E-state index in [1.807, 2.05) is 33.8 Å². The van der Waals surface area contributed by atoms with Crippen molar-refractivity contribution in [2.75, 3.05) is 16.0 Å². The van der Waals surface area contributed by atoms with E-state index in [0.717, 1.165) is 4.90 Å². The summed E-state index contributed by atoms with van der Waals surface area (Å²) in [4.78, 5) is 41.4. The van der Waals surface area contributed by atoms with Crippen molar-refractivity contribution < 1.29 is 9.59 Å². The van der Waals surface area contributed by atoms with Gasteiger partial charge in [-0.25, -0.2) is 15.0 Å². The Bertz CT molecular complexity index is 885. The Morgan fingerprint density at radius 1 is 1.22 bits per heavy atom. The lowest BCUT2D eigenvalue weighted by molar-refractivity contribution is -0.118. The van der Waals surface area contributed by atoms with Crippen molar-refractivity contribution in [2.45, 2.75) is 43.8 Å². The summed E-state index contributed by atoms with van der Waals surface area (Å²) in [6.45, 7) is 7.64. The monoisotopic (exact) mass is 387 g/mol. The van der Waals surface area contributed by atoms with E-state index >= 15 is 0 Å². The van der Waals surface area contributed by atoms with Crippen molar-refractivity contribution >= 4 is 47.1 Å². The summed E-state index contributed by atoms with van der Waals surface area (Å²) in [7, 11) is 0. The molecule has 10 heteroatoms. The number of carbonyl (C=O) groups is 2. The van der Waals surface area contributed by atoms with Gasteiger partial charge in [0.25, 0.3) is 0 Å². The number of amides is 2. The Morgan fingerprint density at radius 2 is 1.96 bits per heavy atom. The van der Waals surface area contributed by atoms with Gasteiger partial charge in [0.2, 0.25) is 23.7 Å². The van der Waals surface area contributed by atoms with Crippen LogP contribution in [0.25, 0.3) is 0 Å². The number of thioether (sulfide) groups is 1. The summed E-state index contributed by atoms with van der Waals surface area (Å²) in [5.41, 5.74) is 0. The van der Waals surface area contributed by atoms with Crippen molar-refractivity contribution in [1.82, 2.24) is 19.9 Å². The minimum absolute atomic E-state index is 0.0973. The largest absolute Gasteiger partial charge is 0.309 e. The van der Waals surface area contributed by atoms with Crippen LogP contribution < -0.4 is 16.0 Å². The summed E-state index contributed by atoms with van der Waals surface area (Å²) in [5.74, 6) is 1.36. The lowest BCUT2D eigenvalue weighted by atomic mass is 10.1. The number of pyridine rings is 1. The van der Waals surface area contributed by atoms with Gasteiger partial charge in [-0.1, -0.05) is 13.8 Å². The van der Waals surface area contributed by atoms with E-state index < -0.39 is 4.75 Å². The van der Waals surface area contributed by atoms with E-state index in [1.54, 1.807) is 6.07 Å². The summed E-state index contributed by atoms with van der Waals surface area (Å²) in [5, 5.41) is 8.41. The molecule has 0 saturated heterocycles. The first-order valence-electron chi connectivity index (χ1n) is 8.50. The van der Waals surface area contributed by atoms with Gasteiger partial charge >= 0.3 is 0 Å². The van der Waals surface area contributed by atoms with Gasteiger partial charge in [0.1, 0.15) is 18.0 Å². The Hall–Kier alpha value is -2.75. The predicted octanol–water partition coefficient (Wildman–Crippen LogP) is 2.82. The zero-order chi connectivity index (χ0) is 19.6. The first-order valence-corrected chi connectivity index (χ1v) is 9.32. The second-order valence-electron chi connectivity index (χ2n) is 7.01. The van der Waals surface area contributed by atoms with Crippen LogP contribution in [-0.2, 0) is 9.59 Å². The highest BCUT2D eigenvalue weighted by Gasteiger charge is 2.35. The highest BCUT2D eigenvalue weighted by molar-refractivity contribution is 8.01. The molecule has 0 radical (unpaired) electrons. The molecule has 3 heterocycles. The van der Waals surface area contributed by atoms with Crippen LogP contribution in [0, 0.1) is 5.92 Å². The van der Waals surface area contributed by atoms with E-state index in [-0.39, 0.29) is 29.6 Å². The summed E-state index contributed by atoms with van der Waals surface area (Å²) in [6, 6.07) is 3.66. The second-order valence-corrected chi connectivity index (χ2v) is 8.68. The van der Waals surface area contributed by atoms with E-state index in [2.05, 4.69) is 35.9 Å². The molecule has 0 unspecified atom stereocenters. The van der Waals surface area contributed by atoms with Crippen LogP contribution in [0.4, 0.5) is 23.5 Å². The third-order valence-electron chi connectivity index (χ3n) is 3.66. The lowest BCUT2D eigenvalue weighted by Crippen LogP contribution is -2.37. The van der Waals surface area contributed by atoms with Gasteiger partial charge in [-0.3, -0.25) is 14.9 Å². The summed E-state index contributed by atoms with van der Waals surface area (Å²) in [6.07, 6.45) is 1.69. The molecule has 0 saturated carbocycles. The molecule has 0 bridgehead atoms. The predicted molar refractivity (Wildman–Crippen MR) is 104 cm³/mol. The van der Waals surface area contributed by atoms with Gasteiger partial charge in [-0.2, -0.15) is 4.98 Å². The van der Waals surface area contributed by atoms with E-state index in [0.29, 0.717) is 18.1 Å². The first kappa shape index (κ1) is 19.0. The smallest absolute Gasteiger partial charge is 0.241 e. The molecular weight excluding hydrogens is 366 g/mol. The van der Waals surface area contributed by atoms with Crippen LogP contribution >= 0.6 is 11.8 Å². The van der Waals surface area contributed by atoms with Crippen molar-refractivity contribution in [1.29, 1.82) is 0 Å². The molecular formula is C17H21N7O2S. The topological polar surface area (TPSA) is 122 Å². The molecule has 0 aliphatic carbocycles. The molecule has 2 aromatic heterocycles. The number of aromatic nitrogens is 4. The number of hydrogen-bond donors (Lipinski definition) is 3. The Kier molecular flexibility index (Phi) is 5.26. The molecule has 0 atom stereocenters. The van der Waals surface area contributed by atoms with Crippen LogP contribution in [0.3, 0.4) is 0 Å². The average molecular weight is 387 g/mol. The summed E-state index contributed by atoms with van der Waals surface area (Å²) >= 11 is 1.46. The molecule has 3 rings (SSSR count). The molecule has 142 valence electrons. The third-order valence-corrected chi connectivity index (χ3v) is 4.90. The van der Waals surface area contributed by atoms with Gasteiger partial charge in [-0.05, 0) is 31.9 Å². The van der Waals surface area contributed by atoms with E-state index in [9.17, 15) is 9.59 Å². The molecule has 9 nitrogen and oxygen atoms in total. The zero-order valence-corrected chi connectivity index (χ0v) is 16.3. The van der Waals surface area contributed by atoms with Crippen LogP contribution in [0.2, 0.25) is 0 Å². The van der Waals surface area contributed by atoms with Crippen molar-refractivity contribution in [3.05, 3.63) is 18.5 Å². The van der Waals surface area contributed by atoms with Crippen LogP contribution in [-0.4, -0.2) is 36.5 Å². The SMILES string of the molecule is CC(C)CC(=O)Nc1ncnc(Nc2ccc3c(n2)NC(=O)C(C)(C)S3)n1. The fourth-order valence-corrected chi connectivity index (χ4v) is 3.37. The van der Waals surface area contributed by atoms with E-state index in [1.165, 1.54) is 18.1 Å². The number of hydrogen-bond acceptors (Lipinski definition) is 8. The number of anilines is 4. The molecule has 2 amide bonds. The molecule has 1 aliphatic heterocycles. The van der Waals surface area contributed by atoms with Crippen molar-refractivity contribution in [2.24, 2.45) is 5.92 Å². The number of rotatable bonds is 5. The Balaban J connectivity index is 1.73. The van der Waals surface area contributed by atoms with Gasteiger partial charge in [0, 0.05) is 6.42 Å². The number of nitrogens with zero attached hydrogens (tertiary/aromatic N) is 4. The maximum absolute atomic E-state index is 12.1.